The molecule has 0 saturated carbocycles. The topological polar surface area (TPSA) is 126 Å². The molecule has 0 aliphatic carbocycles. The maximum atomic E-state index is 13.2. The molecule has 0 fully saturated rings. The molecule has 2 aromatic carbocycles. The lowest BCUT2D eigenvalue weighted by molar-refractivity contribution is -0.127. The number of aliphatic hydroxyl groups is 1. The molecule has 2 aromatic rings. The van der Waals surface area contributed by atoms with Gasteiger partial charge in [-0.1, -0.05) is 31.5 Å². The third-order valence-corrected chi connectivity index (χ3v) is 7.33. The fraction of sp³-hybridized carbons (Fsp3) is 0.440. The van der Waals surface area contributed by atoms with E-state index in [2.05, 4.69) is 15.8 Å². The number of nitrogens with zero attached hydrogens (tertiary/aromatic N) is 1. The average Bonchev–Trinajstić information content (AvgIpc) is 3.32. The molecule has 1 heterocycles. The van der Waals surface area contributed by atoms with E-state index in [0.717, 1.165) is 12.8 Å². The Bertz CT molecular complexity index is 1090. The van der Waals surface area contributed by atoms with Gasteiger partial charge in [0, 0.05) is 25.1 Å². The van der Waals surface area contributed by atoms with Crippen LogP contribution >= 0.6 is 0 Å². The van der Waals surface area contributed by atoms with Crippen LogP contribution in [0.15, 0.2) is 64.5 Å². The summed E-state index contributed by atoms with van der Waals surface area (Å²) >= 11 is 0. The lowest BCUT2D eigenvalue weighted by atomic mass is 9.98. The van der Waals surface area contributed by atoms with E-state index < -0.39 is 21.3 Å². The highest BCUT2D eigenvalue weighted by Gasteiger charge is 2.45. The van der Waals surface area contributed by atoms with Crippen molar-refractivity contribution in [2.45, 2.75) is 43.0 Å². The Morgan fingerprint density at radius 1 is 1.14 bits per heavy atom. The summed E-state index contributed by atoms with van der Waals surface area (Å²) in [6.07, 6.45) is 2.35. The molecule has 35 heavy (non-hydrogen) atoms. The number of carbonyl (C=O) groups is 1. The quantitative estimate of drug-likeness (QED) is 0.267. The molecule has 0 radical (unpaired) electrons. The lowest BCUT2D eigenvalue weighted by Crippen LogP contribution is -2.52. The summed E-state index contributed by atoms with van der Waals surface area (Å²) in [6.45, 7) is 3.03. The van der Waals surface area contributed by atoms with E-state index in [0.29, 0.717) is 30.9 Å². The molecule has 0 unspecified atom stereocenters. The number of aliphatic hydroxyl groups excluding tert-OH is 1. The van der Waals surface area contributed by atoms with Gasteiger partial charge in [-0.3, -0.25) is 10.2 Å². The van der Waals surface area contributed by atoms with Crippen LogP contribution in [-0.4, -0.2) is 63.0 Å². The minimum atomic E-state index is -3.61. The zero-order valence-corrected chi connectivity index (χ0v) is 20.7. The average molecular weight is 504 g/mol. The summed E-state index contributed by atoms with van der Waals surface area (Å²) in [4.78, 5) is 18.0. The Labute approximate surface area is 206 Å². The number of carbonyl (C=O) groups excluding carboxylic acids is 1. The predicted molar refractivity (Wildman–Crippen MR) is 133 cm³/mol. The minimum absolute atomic E-state index is 0.0304. The summed E-state index contributed by atoms with van der Waals surface area (Å²) in [6, 6.07) is 15.2. The van der Waals surface area contributed by atoms with E-state index in [1.807, 2.05) is 6.92 Å². The number of aliphatic imine (C=N–C) groups is 1. The number of nitrogens with one attached hydrogen (secondary N) is 2. The zero-order chi connectivity index (χ0) is 25.2. The van der Waals surface area contributed by atoms with Gasteiger partial charge in [-0.25, -0.2) is 18.8 Å². The summed E-state index contributed by atoms with van der Waals surface area (Å²) in [5.41, 5.74) is 4.84. The molecule has 0 bridgehead atoms. The highest BCUT2D eigenvalue weighted by Crippen LogP contribution is 2.28. The van der Waals surface area contributed by atoms with Crippen molar-refractivity contribution in [3.8, 4) is 5.75 Å². The Balaban J connectivity index is 1.78. The first-order chi connectivity index (χ1) is 16.9. The van der Waals surface area contributed by atoms with E-state index in [1.165, 1.54) is 0 Å². The molecule has 3 N–H and O–H groups in total. The standard InChI is InChI=1S/C25H33N3O6S/c1-2-3-15-26-28-24(30)25(14-18-35(31,32)22-8-5-4-6-9-22)19-34-23(27-25)20-10-12-21(13-11-20)33-17-7-16-29/h4-6,8-13,26,29H,2-3,7,14-19H2,1H3,(H,28,30)/t25-/m0/s1. The summed E-state index contributed by atoms with van der Waals surface area (Å²) in [5.74, 6) is 0.222. The molecule has 10 heteroatoms. The molecular formula is C25H33N3O6S. The van der Waals surface area contributed by atoms with Crippen molar-refractivity contribution in [3.63, 3.8) is 0 Å². The molecule has 190 valence electrons. The van der Waals surface area contributed by atoms with Crippen LogP contribution < -0.4 is 15.6 Å². The molecular weight excluding hydrogens is 470 g/mol. The van der Waals surface area contributed by atoms with Crippen LogP contribution in [0.5, 0.6) is 5.75 Å². The Kier molecular flexibility index (Phi) is 9.64. The summed E-state index contributed by atoms with van der Waals surface area (Å²) < 4.78 is 37.1. The van der Waals surface area contributed by atoms with Gasteiger partial charge in [0.25, 0.3) is 5.91 Å². The highest BCUT2D eigenvalue weighted by molar-refractivity contribution is 7.91. The second-order valence-electron chi connectivity index (χ2n) is 8.30. The Morgan fingerprint density at radius 2 is 1.89 bits per heavy atom. The van der Waals surface area contributed by atoms with Crippen molar-refractivity contribution >= 4 is 21.6 Å². The Morgan fingerprint density at radius 3 is 2.57 bits per heavy atom. The van der Waals surface area contributed by atoms with Crippen LogP contribution in [-0.2, 0) is 19.4 Å². The molecule has 0 aromatic heterocycles. The predicted octanol–water partition coefficient (Wildman–Crippen LogP) is 2.25. The number of rotatable bonds is 14. The number of ether oxygens (including phenoxy) is 2. The molecule has 1 atom stereocenters. The van der Waals surface area contributed by atoms with Gasteiger partial charge in [-0.15, -0.1) is 0 Å². The minimum Gasteiger partial charge on any atom is -0.494 e. The number of benzene rings is 2. The van der Waals surface area contributed by atoms with Gasteiger partial charge in [0.05, 0.1) is 17.3 Å². The normalized spacial score (nSPS) is 17.5. The van der Waals surface area contributed by atoms with E-state index >= 15 is 0 Å². The number of hydrazine groups is 1. The first-order valence-corrected chi connectivity index (χ1v) is 13.4. The van der Waals surface area contributed by atoms with E-state index in [-0.39, 0.29) is 36.2 Å². The largest absolute Gasteiger partial charge is 0.494 e. The van der Waals surface area contributed by atoms with Crippen LogP contribution in [0.25, 0.3) is 0 Å². The van der Waals surface area contributed by atoms with Crippen molar-refractivity contribution in [2.24, 2.45) is 4.99 Å². The molecule has 1 amide bonds. The third kappa shape index (κ3) is 7.27. The molecule has 9 nitrogen and oxygen atoms in total. The second kappa shape index (κ2) is 12.7. The monoisotopic (exact) mass is 503 g/mol. The van der Waals surface area contributed by atoms with Crippen molar-refractivity contribution in [1.82, 2.24) is 10.9 Å². The van der Waals surface area contributed by atoms with Crippen LogP contribution in [0.3, 0.4) is 0 Å². The van der Waals surface area contributed by atoms with Crippen molar-refractivity contribution in [3.05, 3.63) is 60.2 Å². The van der Waals surface area contributed by atoms with Gasteiger partial charge in [-0.05, 0) is 49.2 Å². The first-order valence-electron chi connectivity index (χ1n) is 11.8. The van der Waals surface area contributed by atoms with E-state index in [1.54, 1.807) is 54.6 Å². The van der Waals surface area contributed by atoms with Gasteiger partial charge >= 0.3 is 0 Å². The summed E-state index contributed by atoms with van der Waals surface area (Å²) in [5, 5.41) is 8.88. The van der Waals surface area contributed by atoms with Crippen molar-refractivity contribution in [2.75, 3.05) is 32.1 Å². The van der Waals surface area contributed by atoms with Crippen molar-refractivity contribution < 1.29 is 27.8 Å². The fourth-order valence-electron chi connectivity index (χ4n) is 3.47. The number of hydrogen-bond donors (Lipinski definition) is 3. The maximum Gasteiger partial charge on any atom is 0.265 e. The van der Waals surface area contributed by atoms with Crippen LogP contribution in [0.2, 0.25) is 0 Å². The fourth-order valence-corrected chi connectivity index (χ4v) is 4.89. The SMILES string of the molecule is CCCCNNC(=O)[C@]1(CCS(=O)(=O)c2ccccc2)COC(c2ccc(OCCCO)cc2)=N1. The van der Waals surface area contributed by atoms with Gasteiger partial charge in [0.1, 0.15) is 12.4 Å². The number of unbranched alkanes of at least 4 members (excludes halogenated alkanes) is 1. The Hall–Kier alpha value is -2.95. The highest BCUT2D eigenvalue weighted by atomic mass is 32.2. The van der Waals surface area contributed by atoms with Gasteiger partial charge in [-0.2, -0.15) is 0 Å². The maximum absolute atomic E-state index is 13.2. The number of hydrogen-bond acceptors (Lipinski definition) is 8. The smallest absolute Gasteiger partial charge is 0.265 e. The van der Waals surface area contributed by atoms with Crippen LogP contribution in [0.4, 0.5) is 0 Å². The lowest BCUT2D eigenvalue weighted by Gasteiger charge is -2.23. The molecule has 0 saturated heterocycles. The summed E-state index contributed by atoms with van der Waals surface area (Å²) in [7, 11) is -3.61. The zero-order valence-electron chi connectivity index (χ0n) is 19.9. The molecule has 1 aliphatic rings. The second-order valence-corrected chi connectivity index (χ2v) is 10.4. The van der Waals surface area contributed by atoms with Crippen LogP contribution in [0.1, 0.15) is 38.2 Å². The van der Waals surface area contributed by atoms with Gasteiger partial charge in [0.2, 0.25) is 5.90 Å². The van der Waals surface area contributed by atoms with Crippen LogP contribution in [0, 0.1) is 0 Å². The van der Waals surface area contributed by atoms with E-state index in [4.69, 9.17) is 14.6 Å². The molecule has 3 rings (SSSR count). The molecule has 0 spiro atoms. The molecule has 1 aliphatic heterocycles. The number of amides is 1. The number of sulfone groups is 1. The third-order valence-electron chi connectivity index (χ3n) is 5.60. The first kappa shape index (κ1) is 26.7. The van der Waals surface area contributed by atoms with Crippen molar-refractivity contribution in [1.29, 1.82) is 0 Å². The van der Waals surface area contributed by atoms with Gasteiger partial charge < -0.3 is 14.6 Å². The van der Waals surface area contributed by atoms with Gasteiger partial charge in [0.15, 0.2) is 15.4 Å². The van der Waals surface area contributed by atoms with E-state index in [9.17, 15) is 13.2 Å².